The van der Waals surface area contributed by atoms with E-state index in [0.29, 0.717) is 12.1 Å². The molecule has 1 N–H and O–H groups in total. The van der Waals surface area contributed by atoms with Crippen molar-refractivity contribution in [1.82, 2.24) is 5.01 Å². The van der Waals surface area contributed by atoms with Crippen molar-refractivity contribution in [1.29, 1.82) is 0 Å². The minimum Gasteiger partial charge on any atom is -0.321 e. The number of hydrogen-bond acceptors (Lipinski definition) is 5. The highest BCUT2D eigenvalue weighted by Gasteiger charge is 2.37. The smallest absolute Gasteiger partial charge is 0.271 e. The number of sulfone groups is 1. The van der Waals surface area contributed by atoms with Gasteiger partial charge in [-0.25, -0.2) is 13.4 Å². The Bertz CT molecular complexity index is 846. The van der Waals surface area contributed by atoms with Crippen molar-refractivity contribution in [3.05, 3.63) is 29.8 Å². The predicted molar refractivity (Wildman–Crippen MR) is 104 cm³/mol. The molecule has 2 heterocycles. The largest absolute Gasteiger partial charge is 0.321 e. The van der Waals surface area contributed by atoms with E-state index in [1.807, 2.05) is 24.3 Å². The van der Waals surface area contributed by atoms with E-state index in [-0.39, 0.29) is 41.9 Å². The molecule has 1 aromatic rings. The highest BCUT2D eigenvalue weighted by Crippen LogP contribution is 2.22. The van der Waals surface area contributed by atoms with Gasteiger partial charge < -0.3 is 5.32 Å². The van der Waals surface area contributed by atoms with Crippen molar-refractivity contribution in [2.24, 2.45) is 5.10 Å². The minimum absolute atomic E-state index is 0.0584. The Hall–Kier alpha value is -2.22. The molecule has 0 radical (unpaired) electrons. The summed E-state index contributed by atoms with van der Waals surface area (Å²) < 4.78 is 23.3. The normalized spacial score (nSPS) is 21.8. The van der Waals surface area contributed by atoms with E-state index in [9.17, 15) is 18.0 Å². The number of benzene rings is 1. The van der Waals surface area contributed by atoms with Crippen molar-refractivity contribution in [2.45, 2.75) is 51.5 Å². The number of hydrazone groups is 1. The number of unbranched alkanes of at least 4 members (excludes halogenated alkanes) is 1. The highest BCUT2D eigenvalue weighted by molar-refractivity contribution is 7.91. The predicted octanol–water partition coefficient (Wildman–Crippen LogP) is 2.13. The molecule has 0 bridgehead atoms. The van der Waals surface area contributed by atoms with Gasteiger partial charge in [-0.1, -0.05) is 25.5 Å². The molecule has 2 aliphatic rings. The van der Waals surface area contributed by atoms with Gasteiger partial charge in [-0.05, 0) is 37.0 Å². The number of anilines is 1. The second kappa shape index (κ2) is 8.21. The summed E-state index contributed by atoms with van der Waals surface area (Å²) in [5.74, 6) is -0.609. The molecule has 3 rings (SSSR count). The van der Waals surface area contributed by atoms with E-state index < -0.39 is 15.9 Å². The summed E-state index contributed by atoms with van der Waals surface area (Å²) in [6.07, 6.45) is 4.07. The lowest BCUT2D eigenvalue weighted by molar-refractivity contribution is -0.133. The zero-order valence-electron chi connectivity index (χ0n) is 15.5. The van der Waals surface area contributed by atoms with Crippen LogP contribution >= 0.6 is 0 Å². The van der Waals surface area contributed by atoms with E-state index in [2.05, 4.69) is 17.3 Å². The molecule has 1 saturated heterocycles. The van der Waals surface area contributed by atoms with Crippen LogP contribution in [0.25, 0.3) is 0 Å². The van der Waals surface area contributed by atoms with Gasteiger partial charge in [0.15, 0.2) is 9.84 Å². The van der Waals surface area contributed by atoms with E-state index in [1.165, 1.54) is 10.6 Å². The molecule has 1 fully saturated rings. The molecule has 146 valence electrons. The number of aryl methyl sites for hydroxylation is 1. The molecule has 0 saturated carbocycles. The van der Waals surface area contributed by atoms with Crippen molar-refractivity contribution in [3.63, 3.8) is 0 Å². The third-order valence-electron chi connectivity index (χ3n) is 4.91. The first-order chi connectivity index (χ1) is 12.9. The summed E-state index contributed by atoms with van der Waals surface area (Å²) in [5.41, 5.74) is 2.16. The van der Waals surface area contributed by atoms with Gasteiger partial charge in [-0.2, -0.15) is 5.10 Å². The Balaban J connectivity index is 1.66. The average Bonchev–Trinajstić information content (AvgIpc) is 3.01. The molecule has 0 aliphatic carbocycles. The zero-order valence-corrected chi connectivity index (χ0v) is 16.3. The Morgan fingerprint density at radius 2 is 2.00 bits per heavy atom. The van der Waals surface area contributed by atoms with Crippen molar-refractivity contribution >= 4 is 33.1 Å². The van der Waals surface area contributed by atoms with Crippen molar-refractivity contribution in [3.8, 4) is 0 Å². The number of nitrogens with zero attached hydrogens (tertiary/aromatic N) is 2. The van der Waals surface area contributed by atoms with Crippen molar-refractivity contribution < 1.29 is 18.0 Å². The molecule has 1 aromatic carbocycles. The summed E-state index contributed by atoms with van der Waals surface area (Å²) in [4.78, 5) is 24.7. The second-order valence-electron chi connectivity index (χ2n) is 7.10. The molecule has 1 atom stereocenters. The first kappa shape index (κ1) is 19.5. The van der Waals surface area contributed by atoms with Crippen LogP contribution in [0.1, 0.15) is 44.6 Å². The number of amides is 2. The standard InChI is InChI=1S/C19H25N3O4S/c1-2-3-4-14-5-7-15(8-6-14)20-19(24)17-9-10-18(23)22(21-17)16-11-12-27(25,26)13-16/h5-8,16H,2-4,9-13H2,1H3,(H,20,24)/t16-/m0/s1. The summed E-state index contributed by atoms with van der Waals surface area (Å²) in [7, 11) is -3.13. The van der Waals surface area contributed by atoms with Gasteiger partial charge in [0.05, 0.1) is 17.5 Å². The maximum absolute atomic E-state index is 12.5. The van der Waals surface area contributed by atoms with Crippen LogP contribution in [0.3, 0.4) is 0 Å². The lowest BCUT2D eigenvalue weighted by Crippen LogP contribution is -2.42. The molecule has 2 amide bonds. The SMILES string of the molecule is CCCCc1ccc(NC(=O)C2=NN([C@H]3CCS(=O)(=O)C3)C(=O)CC2)cc1. The van der Waals surface area contributed by atoms with Crippen LogP contribution < -0.4 is 5.32 Å². The van der Waals surface area contributed by atoms with Gasteiger partial charge >= 0.3 is 0 Å². The number of hydrogen-bond donors (Lipinski definition) is 1. The maximum atomic E-state index is 12.5. The molecule has 8 heteroatoms. The van der Waals surface area contributed by atoms with Gasteiger partial charge in [0.2, 0.25) is 5.91 Å². The van der Waals surface area contributed by atoms with E-state index in [0.717, 1.165) is 19.3 Å². The number of carbonyl (C=O) groups is 2. The molecule has 27 heavy (non-hydrogen) atoms. The fourth-order valence-electron chi connectivity index (χ4n) is 3.33. The lowest BCUT2D eigenvalue weighted by Gasteiger charge is -2.27. The fraction of sp³-hybridized carbons (Fsp3) is 0.526. The maximum Gasteiger partial charge on any atom is 0.271 e. The molecular formula is C19H25N3O4S. The summed E-state index contributed by atoms with van der Waals surface area (Å²) in [6.45, 7) is 2.15. The number of rotatable bonds is 6. The molecule has 2 aliphatic heterocycles. The quantitative estimate of drug-likeness (QED) is 0.803. The third-order valence-corrected chi connectivity index (χ3v) is 6.66. The zero-order chi connectivity index (χ0) is 19.4. The van der Waals surface area contributed by atoms with Crippen LogP contribution in [-0.4, -0.2) is 48.5 Å². The van der Waals surface area contributed by atoms with E-state index in [4.69, 9.17) is 0 Å². The summed E-state index contributed by atoms with van der Waals surface area (Å²) >= 11 is 0. The fourth-order valence-corrected chi connectivity index (χ4v) is 5.02. The van der Waals surface area contributed by atoms with E-state index in [1.54, 1.807) is 0 Å². The second-order valence-corrected chi connectivity index (χ2v) is 9.33. The topological polar surface area (TPSA) is 95.9 Å². The minimum atomic E-state index is -3.13. The Morgan fingerprint density at radius 1 is 1.26 bits per heavy atom. The lowest BCUT2D eigenvalue weighted by atomic mass is 10.1. The Kier molecular flexibility index (Phi) is 5.94. The van der Waals surface area contributed by atoms with Crippen LogP contribution in [0.2, 0.25) is 0 Å². The summed E-state index contributed by atoms with van der Waals surface area (Å²) in [6, 6.07) is 7.24. The van der Waals surface area contributed by atoms with Crippen LogP contribution in [0.4, 0.5) is 5.69 Å². The monoisotopic (exact) mass is 391 g/mol. The van der Waals surface area contributed by atoms with Crippen LogP contribution in [0.5, 0.6) is 0 Å². The molecule has 0 unspecified atom stereocenters. The van der Waals surface area contributed by atoms with Gasteiger partial charge in [0.1, 0.15) is 5.71 Å². The van der Waals surface area contributed by atoms with Crippen LogP contribution in [0, 0.1) is 0 Å². The van der Waals surface area contributed by atoms with Gasteiger partial charge in [-0.15, -0.1) is 0 Å². The van der Waals surface area contributed by atoms with Gasteiger partial charge in [0, 0.05) is 18.5 Å². The Labute approximate surface area is 159 Å². The third kappa shape index (κ3) is 4.94. The first-order valence-corrected chi connectivity index (χ1v) is 11.2. The van der Waals surface area contributed by atoms with Crippen molar-refractivity contribution in [2.75, 3.05) is 16.8 Å². The summed E-state index contributed by atoms with van der Waals surface area (Å²) in [5, 5.41) is 8.20. The highest BCUT2D eigenvalue weighted by atomic mass is 32.2. The van der Waals surface area contributed by atoms with Gasteiger partial charge in [0.25, 0.3) is 5.91 Å². The number of carbonyl (C=O) groups excluding carboxylic acids is 2. The average molecular weight is 391 g/mol. The van der Waals surface area contributed by atoms with E-state index >= 15 is 0 Å². The first-order valence-electron chi connectivity index (χ1n) is 9.38. The van der Waals surface area contributed by atoms with Crippen LogP contribution in [-0.2, 0) is 25.8 Å². The van der Waals surface area contributed by atoms with Crippen LogP contribution in [0.15, 0.2) is 29.4 Å². The van der Waals surface area contributed by atoms with Gasteiger partial charge in [-0.3, -0.25) is 9.59 Å². The number of nitrogens with one attached hydrogen (secondary N) is 1. The molecule has 0 aromatic heterocycles. The Morgan fingerprint density at radius 3 is 2.63 bits per heavy atom. The molecule has 0 spiro atoms. The molecule has 7 nitrogen and oxygen atoms in total. The molecular weight excluding hydrogens is 366 g/mol.